The van der Waals surface area contributed by atoms with Crippen LogP contribution in [0, 0.1) is 12.8 Å². The van der Waals surface area contributed by atoms with Gasteiger partial charge in [0, 0.05) is 25.6 Å². The van der Waals surface area contributed by atoms with Gasteiger partial charge in [-0.15, -0.1) is 0 Å². The SMILES string of the molecule is Cc1noc(CC2CCN(c3nc4ccccc4nc3NC3CC3)CC2)n1.O=C(O)C(F)(F)F. The van der Waals surface area contributed by atoms with Crippen LogP contribution < -0.4 is 10.2 Å². The molecule has 3 heterocycles. The fourth-order valence-electron chi connectivity index (χ4n) is 3.75. The summed E-state index contributed by atoms with van der Waals surface area (Å²) < 4.78 is 37.0. The van der Waals surface area contributed by atoms with Crippen molar-refractivity contribution in [3.05, 3.63) is 36.0 Å². The molecule has 3 aromatic rings. The highest BCUT2D eigenvalue weighted by Gasteiger charge is 2.38. The van der Waals surface area contributed by atoms with Gasteiger partial charge in [0.1, 0.15) is 0 Å². The minimum atomic E-state index is -5.08. The molecule has 12 heteroatoms. The highest BCUT2D eigenvalue weighted by molar-refractivity contribution is 5.80. The van der Waals surface area contributed by atoms with Crippen LogP contribution in [0.25, 0.3) is 11.0 Å². The lowest BCUT2D eigenvalue weighted by Gasteiger charge is -2.33. The third-order valence-electron chi connectivity index (χ3n) is 5.66. The summed E-state index contributed by atoms with van der Waals surface area (Å²) in [5.74, 6) is 1.22. The first-order valence-corrected chi connectivity index (χ1v) is 11.1. The van der Waals surface area contributed by atoms with Crippen LogP contribution in [0.2, 0.25) is 0 Å². The molecule has 1 aliphatic heterocycles. The second-order valence-electron chi connectivity index (χ2n) is 8.48. The maximum atomic E-state index is 10.6. The number of aryl methyl sites for hydroxylation is 1. The van der Waals surface area contributed by atoms with Crippen LogP contribution in [0.3, 0.4) is 0 Å². The van der Waals surface area contributed by atoms with Crippen LogP contribution in [0.1, 0.15) is 37.4 Å². The van der Waals surface area contributed by atoms with E-state index in [1.165, 1.54) is 12.8 Å². The van der Waals surface area contributed by atoms with Crippen molar-refractivity contribution in [2.75, 3.05) is 23.3 Å². The molecule has 182 valence electrons. The van der Waals surface area contributed by atoms with Crippen LogP contribution >= 0.6 is 0 Å². The van der Waals surface area contributed by atoms with Crippen LogP contribution in [0.4, 0.5) is 24.8 Å². The number of benzene rings is 1. The lowest BCUT2D eigenvalue weighted by atomic mass is 9.93. The van der Waals surface area contributed by atoms with Gasteiger partial charge in [-0.2, -0.15) is 18.2 Å². The number of nitrogens with one attached hydrogen (secondary N) is 1. The Morgan fingerprint density at radius 1 is 1.12 bits per heavy atom. The highest BCUT2D eigenvalue weighted by Crippen LogP contribution is 2.33. The molecule has 0 spiro atoms. The number of carboxylic acid groups (broad SMARTS) is 1. The van der Waals surface area contributed by atoms with Gasteiger partial charge in [-0.25, -0.2) is 14.8 Å². The molecule has 5 rings (SSSR count). The molecule has 1 aromatic carbocycles. The average molecular weight is 478 g/mol. The number of halogens is 3. The molecule has 0 amide bonds. The average Bonchev–Trinajstić information content (AvgIpc) is 3.52. The zero-order valence-electron chi connectivity index (χ0n) is 18.5. The largest absolute Gasteiger partial charge is 0.490 e. The van der Waals surface area contributed by atoms with Gasteiger partial charge in [0.2, 0.25) is 5.89 Å². The standard InChI is InChI=1S/C20H24N6O.C2HF3O2/c1-13-21-18(27-25-13)12-14-8-10-26(11-9-14)20-19(22-15-6-7-15)23-16-4-2-3-5-17(16)24-20;3-2(4,5)1(6)7/h2-5,14-15H,6-12H2,1H3,(H,22,23);(H,6,7). The molecule has 9 nitrogen and oxygen atoms in total. The van der Waals surface area contributed by atoms with E-state index in [2.05, 4.69) is 20.4 Å². The van der Waals surface area contributed by atoms with Crippen LogP contribution in [-0.4, -0.2) is 56.5 Å². The number of hydrogen-bond acceptors (Lipinski definition) is 8. The van der Waals surface area contributed by atoms with Crippen molar-refractivity contribution in [1.82, 2.24) is 20.1 Å². The number of alkyl halides is 3. The van der Waals surface area contributed by atoms with Crippen LogP contribution in [0.5, 0.6) is 0 Å². The fourth-order valence-corrected chi connectivity index (χ4v) is 3.75. The summed E-state index contributed by atoms with van der Waals surface area (Å²) in [6, 6.07) is 8.66. The number of anilines is 2. The second-order valence-corrected chi connectivity index (χ2v) is 8.48. The number of carboxylic acids is 1. The maximum Gasteiger partial charge on any atom is 0.490 e. The first-order chi connectivity index (χ1) is 16.2. The van der Waals surface area contributed by atoms with E-state index in [-0.39, 0.29) is 0 Å². The molecule has 0 atom stereocenters. The minimum absolute atomic E-state index is 0.553. The summed E-state index contributed by atoms with van der Waals surface area (Å²) in [5.41, 5.74) is 1.91. The van der Waals surface area contributed by atoms with Gasteiger partial charge in [-0.3, -0.25) is 0 Å². The van der Waals surface area contributed by atoms with Crippen molar-refractivity contribution in [3.8, 4) is 0 Å². The number of fused-ring (bicyclic) bond motifs is 1. The molecule has 2 N–H and O–H groups in total. The van der Waals surface area contributed by atoms with E-state index in [1.807, 2.05) is 31.2 Å². The number of aliphatic carboxylic acids is 1. The summed E-state index contributed by atoms with van der Waals surface area (Å²) in [6.07, 6.45) is 0.419. The summed E-state index contributed by atoms with van der Waals surface area (Å²) in [4.78, 5) is 25.4. The van der Waals surface area contributed by atoms with E-state index in [1.54, 1.807) is 0 Å². The molecule has 2 aliphatic rings. The Balaban J connectivity index is 0.000000344. The van der Waals surface area contributed by atoms with Crippen molar-refractivity contribution in [2.24, 2.45) is 5.92 Å². The van der Waals surface area contributed by atoms with E-state index in [4.69, 9.17) is 24.4 Å². The number of piperidine rings is 1. The fraction of sp³-hybridized carbons (Fsp3) is 0.500. The Morgan fingerprint density at radius 2 is 1.74 bits per heavy atom. The first-order valence-electron chi connectivity index (χ1n) is 11.1. The Hall–Kier alpha value is -3.44. The van der Waals surface area contributed by atoms with E-state index in [0.717, 1.165) is 60.9 Å². The Kier molecular flexibility index (Phi) is 6.85. The van der Waals surface area contributed by atoms with Gasteiger partial charge >= 0.3 is 12.1 Å². The number of para-hydroxylation sites is 2. The van der Waals surface area contributed by atoms with Crippen molar-refractivity contribution < 1.29 is 27.6 Å². The van der Waals surface area contributed by atoms with E-state index >= 15 is 0 Å². The third kappa shape index (κ3) is 6.12. The number of rotatable bonds is 5. The minimum Gasteiger partial charge on any atom is -0.475 e. The van der Waals surface area contributed by atoms with Gasteiger partial charge in [0.05, 0.1) is 11.0 Å². The van der Waals surface area contributed by atoms with E-state index < -0.39 is 12.1 Å². The molecule has 0 radical (unpaired) electrons. The Morgan fingerprint density at radius 3 is 2.26 bits per heavy atom. The molecule has 1 saturated heterocycles. The predicted molar refractivity (Wildman–Crippen MR) is 118 cm³/mol. The molecular formula is C22H25F3N6O3. The van der Waals surface area contributed by atoms with Gasteiger partial charge in [-0.05, 0) is 50.7 Å². The molecular weight excluding hydrogens is 453 g/mol. The molecule has 2 aromatic heterocycles. The summed E-state index contributed by atoms with van der Waals surface area (Å²) in [5, 5.41) is 14.6. The van der Waals surface area contributed by atoms with Crippen LogP contribution in [-0.2, 0) is 11.2 Å². The topological polar surface area (TPSA) is 117 Å². The second kappa shape index (κ2) is 9.82. The number of nitrogens with zero attached hydrogens (tertiary/aromatic N) is 5. The van der Waals surface area contributed by atoms with E-state index in [0.29, 0.717) is 17.8 Å². The van der Waals surface area contributed by atoms with Crippen molar-refractivity contribution in [3.63, 3.8) is 0 Å². The van der Waals surface area contributed by atoms with Gasteiger partial charge in [-0.1, -0.05) is 17.3 Å². The molecule has 1 saturated carbocycles. The predicted octanol–water partition coefficient (Wildman–Crippen LogP) is 3.99. The Labute approximate surface area is 193 Å². The maximum absolute atomic E-state index is 10.6. The first kappa shape index (κ1) is 23.7. The number of aromatic nitrogens is 4. The van der Waals surface area contributed by atoms with Gasteiger partial charge in [0.15, 0.2) is 17.5 Å². The van der Waals surface area contributed by atoms with E-state index in [9.17, 15) is 13.2 Å². The van der Waals surface area contributed by atoms with Crippen molar-refractivity contribution in [1.29, 1.82) is 0 Å². The summed E-state index contributed by atoms with van der Waals surface area (Å²) >= 11 is 0. The smallest absolute Gasteiger partial charge is 0.475 e. The molecule has 0 bridgehead atoms. The summed E-state index contributed by atoms with van der Waals surface area (Å²) in [6.45, 7) is 3.82. The monoisotopic (exact) mass is 478 g/mol. The lowest BCUT2D eigenvalue weighted by Crippen LogP contribution is -2.35. The molecule has 0 unspecified atom stereocenters. The van der Waals surface area contributed by atoms with Crippen molar-refractivity contribution >= 4 is 28.6 Å². The Bertz CT molecular complexity index is 1140. The zero-order valence-corrected chi connectivity index (χ0v) is 18.5. The van der Waals surface area contributed by atoms with Crippen molar-refractivity contribution in [2.45, 2.75) is 51.2 Å². The zero-order chi connectivity index (χ0) is 24.3. The molecule has 1 aliphatic carbocycles. The third-order valence-corrected chi connectivity index (χ3v) is 5.66. The quantitative estimate of drug-likeness (QED) is 0.561. The highest BCUT2D eigenvalue weighted by atomic mass is 19.4. The summed E-state index contributed by atoms with van der Waals surface area (Å²) in [7, 11) is 0. The normalized spacial score (nSPS) is 16.8. The van der Waals surface area contributed by atoms with Crippen LogP contribution in [0.15, 0.2) is 28.8 Å². The molecule has 2 fully saturated rings. The van der Waals surface area contributed by atoms with Gasteiger partial charge in [0.25, 0.3) is 0 Å². The number of hydrogen-bond donors (Lipinski definition) is 2. The molecule has 34 heavy (non-hydrogen) atoms. The van der Waals surface area contributed by atoms with Gasteiger partial charge < -0.3 is 19.8 Å². The lowest BCUT2D eigenvalue weighted by molar-refractivity contribution is -0.192. The number of carbonyl (C=O) groups is 1.